The van der Waals surface area contributed by atoms with Crippen molar-refractivity contribution in [2.75, 3.05) is 0 Å². The molecule has 0 atom stereocenters. The summed E-state index contributed by atoms with van der Waals surface area (Å²) in [7, 11) is 0. The van der Waals surface area contributed by atoms with E-state index in [-0.39, 0.29) is 0 Å². The molecule has 0 radical (unpaired) electrons. The molecule has 0 saturated heterocycles. The lowest BCUT2D eigenvalue weighted by Crippen LogP contribution is -1.87. The van der Waals surface area contributed by atoms with Gasteiger partial charge in [-0.2, -0.15) is 0 Å². The zero-order chi connectivity index (χ0) is 7.28. The van der Waals surface area contributed by atoms with E-state index in [1.165, 1.54) is 6.08 Å². The van der Waals surface area contributed by atoms with Gasteiger partial charge in [0.1, 0.15) is 0 Å². The van der Waals surface area contributed by atoms with E-state index in [9.17, 15) is 4.79 Å². The van der Waals surface area contributed by atoms with E-state index >= 15 is 0 Å². The van der Waals surface area contributed by atoms with Crippen LogP contribution in [-0.2, 0) is 4.79 Å². The van der Waals surface area contributed by atoms with Gasteiger partial charge in [0.05, 0.1) is 6.26 Å². The van der Waals surface area contributed by atoms with Gasteiger partial charge in [-0.25, -0.2) is 4.79 Å². The molecule has 0 amide bonds. The number of hydrogen-bond acceptors (Lipinski definition) is 2. The van der Waals surface area contributed by atoms with Crippen molar-refractivity contribution < 1.29 is 15.0 Å². The number of aliphatic carboxylic acids is 1. The summed E-state index contributed by atoms with van der Waals surface area (Å²) >= 11 is 0. The van der Waals surface area contributed by atoms with E-state index in [4.69, 9.17) is 10.2 Å². The highest BCUT2D eigenvalue weighted by molar-refractivity contribution is 5.81. The van der Waals surface area contributed by atoms with E-state index in [2.05, 4.69) is 0 Å². The summed E-state index contributed by atoms with van der Waals surface area (Å²) in [4.78, 5) is 9.89. The molecule has 0 aromatic carbocycles. The first-order valence-corrected chi connectivity index (χ1v) is 2.39. The molecule has 3 nitrogen and oxygen atoms in total. The number of aliphatic hydroxyl groups excluding tert-OH is 1. The van der Waals surface area contributed by atoms with Gasteiger partial charge in [0.2, 0.25) is 0 Å². The third-order valence-electron chi connectivity index (χ3n) is 0.689. The highest BCUT2D eigenvalue weighted by Crippen LogP contribution is 1.91. The van der Waals surface area contributed by atoms with Crippen LogP contribution >= 0.6 is 0 Å². The minimum absolute atomic E-state index is 0.505. The summed E-state index contributed by atoms with van der Waals surface area (Å²) in [5, 5.41) is 16.3. The number of carboxylic acids is 1. The predicted molar refractivity (Wildman–Crippen MR) is 33.2 cm³/mol. The van der Waals surface area contributed by atoms with Gasteiger partial charge in [-0.1, -0.05) is 0 Å². The predicted octanol–water partition coefficient (Wildman–Crippen LogP) is 1.09. The quantitative estimate of drug-likeness (QED) is 0.332. The van der Waals surface area contributed by atoms with Gasteiger partial charge in [0, 0.05) is 6.08 Å². The Bertz CT molecular complexity index is 156. The molecule has 0 bridgehead atoms. The van der Waals surface area contributed by atoms with Crippen molar-refractivity contribution in [1.82, 2.24) is 0 Å². The van der Waals surface area contributed by atoms with Gasteiger partial charge >= 0.3 is 5.97 Å². The zero-order valence-corrected chi connectivity index (χ0v) is 5.03. The lowest BCUT2D eigenvalue weighted by Gasteiger charge is -1.84. The number of carbonyl (C=O) groups is 1. The molecular weight excluding hydrogens is 120 g/mol. The normalized spacial score (nSPS) is 12.3. The molecule has 0 fully saturated rings. The molecule has 0 rings (SSSR count). The Hall–Kier alpha value is -1.25. The number of allylic oxidation sites excluding steroid dienone is 2. The number of rotatable bonds is 2. The van der Waals surface area contributed by atoms with Crippen molar-refractivity contribution >= 4 is 5.97 Å². The highest BCUT2D eigenvalue weighted by atomic mass is 16.4. The molecule has 0 aliphatic heterocycles. The fraction of sp³-hybridized carbons (Fsp3) is 0.167. The second kappa shape index (κ2) is 3.72. The Morgan fingerprint density at radius 2 is 2.11 bits per heavy atom. The van der Waals surface area contributed by atoms with E-state index in [0.717, 1.165) is 12.3 Å². The second-order valence-electron chi connectivity index (χ2n) is 1.54. The third kappa shape index (κ3) is 4.61. The number of carboxylic acid groups (broad SMARTS) is 1. The Kier molecular flexibility index (Phi) is 3.20. The number of hydrogen-bond donors (Lipinski definition) is 2. The molecule has 2 N–H and O–H groups in total. The first-order chi connectivity index (χ1) is 4.16. The van der Waals surface area contributed by atoms with Crippen molar-refractivity contribution in [2.45, 2.75) is 6.92 Å². The van der Waals surface area contributed by atoms with Crippen molar-refractivity contribution in [2.24, 2.45) is 0 Å². The highest BCUT2D eigenvalue weighted by Gasteiger charge is 1.87. The van der Waals surface area contributed by atoms with Crippen LogP contribution in [0, 0.1) is 0 Å². The molecule has 0 spiro atoms. The summed E-state index contributed by atoms with van der Waals surface area (Å²) in [6.07, 6.45) is 3.11. The van der Waals surface area contributed by atoms with Gasteiger partial charge in [-0.3, -0.25) is 0 Å². The van der Waals surface area contributed by atoms with Gasteiger partial charge in [0.25, 0.3) is 0 Å². The lowest BCUT2D eigenvalue weighted by molar-refractivity contribution is -0.131. The van der Waals surface area contributed by atoms with Crippen molar-refractivity contribution in [1.29, 1.82) is 0 Å². The molecule has 0 aliphatic carbocycles. The SMILES string of the molecule is CC(C=CO)=CC(=O)O. The van der Waals surface area contributed by atoms with Crippen LogP contribution in [0.1, 0.15) is 6.92 Å². The van der Waals surface area contributed by atoms with Crippen LogP contribution in [0.2, 0.25) is 0 Å². The molecule has 50 valence electrons. The summed E-state index contributed by atoms with van der Waals surface area (Å²) in [6, 6.07) is 0. The smallest absolute Gasteiger partial charge is 0.328 e. The van der Waals surface area contributed by atoms with E-state index < -0.39 is 5.97 Å². The van der Waals surface area contributed by atoms with Crippen molar-refractivity contribution in [3.8, 4) is 0 Å². The minimum atomic E-state index is -1.01. The van der Waals surface area contributed by atoms with Crippen LogP contribution in [0.15, 0.2) is 24.0 Å². The van der Waals surface area contributed by atoms with Gasteiger partial charge in [-0.05, 0) is 18.6 Å². The third-order valence-corrected chi connectivity index (χ3v) is 0.689. The summed E-state index contributed by atoms with van der Waals surface area (Å²) in [5.41, 5.74) is 0.505. The van der Waals surface area contributed by atoms with Crippen LogP contribution in [-0.4, -0.2) is 16.2 Å². The maximum Gasteiger partial charge on any atom is 0.328 e. The number of aliphatic hydroxyl groups is 1. The van der Waals surface area contributed by atoms with Crippen LogP contribution in [0.4, 0.5) is 0 Å². The Labute approximate surface area is 52.9 Å². The molecule has 0 aliphatic rings. The van der Waals surface area contributed by atoms with Crippen LogP contribution < -0.4 is 0 Å². The zero-order valence-electron chi connectivity index (χ0n) is 5.03. The van der Waals surface area contributed by atoms with Crippen LogP contribution in [0.5, 0.6) is 0 Å². The topological polar surface area (TPSA) is 57.5 Å². The Morgan fingerprint density at radius 1 is 1.56 bits per heavy atom. The second-order valence-corrected chi connectivity index (χ2v) is 1.54. The molecular formula is C6H8O3. The lowest BCUT2D eigenvalue weighted by atomic mass is 10.3. The van der Waals surface area contributed by atoms with Gasteiger partial charge < -0.3 is 10.2 Å². The first-order valence-electron chi connectivity index (χ1n) is 2.39. The molecule has 9 heavy (non-hydrogen) atoms. The minimum Gasteiger partial charge on any atom is -0.516 e. The van der Waals surface area contributed by atoms with Gasteiger partial charge in [0.15, 0.2) is 0 Å². The van der Waals surface area contributed by atoms with Crippen molar-refractivity contribution in [3.05, 3.63) is 24.0 Å². The standard InChI is InChI=1S/C6H8O3/c1-5(2-3-7)4-6(8)9/h2-4,7H,1H3,(H,8,9). The monoisotopic (exact) mass is 128 g/mol. The molecule has 0 heterocycles. The molecule has 3 heteroatoms. The van der Waals surface area contributed by atoms with Crippen LogP contribution in [0.25, 0.3) is 0 Å². The summed E-state index contributed by atoms with van der Waals surface area (Å²) in [6.45, 7) is 1.58. The maximum atomic E-state index is 9.89. The van der Waals surface area contributed by atoms with E-state index in [1.54, 1.807) is 6.92 Å². The molecule has 0 unspecified atom stereocenters. The van der Waals surface area contributed by atoms with Crippen molar-refractivity contribution in [3.63, 3.8) is 0 Å². The van der Waals surface area contributed by atoms with E-state index in [0.29, 0.717) is 5.57 Å². The van der Waals surface area contributed by atoms with Crippen LogP contribution in [0.3, 0.4) is 0 Å². The molecule has 0 aromatic rings. The fourth-order valence-electron chi connectivity index (χ4n) is 0.360. The Balaban J connectivity index is 4.00. The largest absolute Gasteiger partial charge is 0.516 e. The average molecular weight is 128 g/mol. The fourth-order valence-corrected chi connectivity index (χ4v) is 0.360. The maximum absolute atomic E-state index is 9.89. The molecule has 0 aromatic heterocycles. The summed E-state index contributed by atoms with van der Waals surface area (Å²) in [5.74, 6) is -1.01. The summed E-state index contributed by atoms with van der Waals surface area (Å²) < 4.78 is 0. The Morgan fingerprint density at radius 3 is 2.44 bits per heavy atom. The van der Waals surface area contributed by atoms with E-state index in [1.807, 2.05) is 0 Å². The van der Waals surface area contributed by atoms with Gasteiger partial charge in [-0.15, -0.1) is 0 Å². The molecule has 0 saturated carbocycles. The first kappa shape index (κ1) is 7.75. The average Bonchev–Trinajstić information content (AvgIpc) is 1.63.